The number of rotatable bonds is 5. The molecule has 96 valence electrons. The van der Waals surface area contributed by atoms with Crippen molar-refractivity contribution >= 4 is 15.9 Å². The summed E-state index contributed by atoms with van der Waals surface area (Å²) in [7, 11) is 0. The lowest BCUT2D eigenvalue weighted by atomic mass is 10.1. The third-order valence-corrected chi connectivity index (χ3v) is 3.25. The number of halogens is 1. The molecule has 0 saturated carbocycles. The second kappa shape index (κ2) is 6.04. The molecule has 0 aliphatic carbocycles. The number of furan rings is 1. The fraction of sp³-hybridized carbons (Fsp3) is 0.231. The van der Waals surface area contributed by atoms with Crippen LogP contribution in [0.25, 0.3) is 0 Å². The van der Waals surface area contributed by atoms with E-state index in [1.807, 2.05) is 37.3 Å². The van der Waals surface area contributed by atoms with Crippen LogP contribution in [0, 0.1) is 0 Å². The molecule has 0 amide bonds. The van der Waals surface area contributed by atoms with E-state index in [9.17, 15) is 0 Å². The highest BCUT2D eigenvalue weighted by Gasteiger charge is 2.18. The predicted molar refractivity (Wildman–Crippen MR) is 73.2 cm³/mol. The SMILES string of the molecule is CCOc1ccc(C(NN)c2occc2Br)cc1. The van der Waals surface area contributed by atoms with Gasteiger partial charge in [0.1, 0.15) is 17.6 Å². The van der Waals surface area contributed by atoms with E-state index in [-0.39, 0.29) is 6.04 Å². The van der Waals surface area contributed by atoms with Gasteiger partial charge in [0, 0.05) is 0 Å². The fourth-order valence-corrected chi connectivity index (χ4v) is 2.19. The van der Waals surface area contributed by atoms with Gasteiger partial charge in [0.05, 0.1) is 17.3 Å². The first kappa shape index (κ1) is 13.1. The third-order valence-electron chi connectivity index (χ3n) is 2.60. The first-order valence-electron chi connectivity index (χ1n) is 5.68. The van der Waals surface area contributed by atoms with Crippen molar-refractivity contribution < 1.29 is 9.15 Å². The van der Waals surface area contributed by atoms with E-state index >= 15 is 0 Å². The molecule has 1 aromatic carbocycles. The van der Waals surface area contributed by atoms with Crippen molar-refractivity contribution in [1.82, 2.24) is 5.43 Å². The molecule has 2 rings (SSSR count). The molecule has 1 heterocycles. The van der Waals surface area contributed by atoms with E-state index in [1.165, 1.54) is 0 Å². The second-order valence-corrected chi connectivity index (χ2v) is 4.59. The molecule has 0 bridgehead atoms. The van der Waals surface area contributed by atoms with Crippen LogP contribution in [-0.2, 0) is 0 Å². The topological polar surface area (TPSA) is 60.4 Å². The highest BCUT2D eigenvalue weighted by Crippen LogP contribution is 2.29. The first-order valence-corrected chi connectivity index (χ1v) is 6.47. The summed E-state index contributed by atoms with van der Waals surface area (Å²) in [5.74, 6) is 7.19. The van der Waals surface area contributed by atoms with Gasteiger partial charge in [-0.2, -0.15) is 0 Å². The normalized spacial score (nSPS) is 12.4. The molecule has 0 aliphatic heterocycles. The molecule has 0 spiro atoms. The van der Waals surface area contributed by atoms with Gasteiger partial charge < -0.3 is 9.15 Å². The Morgan fingerprint density at radius 1 is 1.33 bits per heavy atom. The van der Waals surface area contributed by atoms with Crippen LogP contribution in [0.15, 0.2) is 45.5 Å². The van der Waals surface area contributed by atoms with Gasteiger partial charge in [-0.15, -0.1) is 0 Å². The zero-order valence-electron chi connectivity index (χ0n) is 10.0. The lowest BCUT2D eigenvalue weighted by molar-refractivity contribution is 0.340. The Morgan fingerprint density at radius 2 is 2.06 bits per heavy atom. The minimum atomic E-state index is -0.190. The van der Waals surface area contributed by atoms with Crippen LogP contribution in [0.5, 0.6) is 5.75 Å². The van der Waals surface area contributed by atoms with Crippen LogP contribution in [-0.4, -0.2) is 6.61 Å². The maximum Gasteiger partial charge on any atom is 0.140 e. The summed E-state index contributed by atoms with van der Waals surface area (Å²) >= 11 is 3.43. The van der Waals surface area contributed by atoms with Crippen molar-refractivity contribution in [2.45, 2.75) is 13.0 Å². The number of hydrazine groups is 1. The van der Waals surface area contributed by atoms with Gasteiger partial charge in [0.2, 0.25) is 0 Å². The number of nitrogens with two attached hydrogens (primary N) is 1. The van der Waals surface area contributed by atoms with Crippen LogP contribution in [0.3, 0.4) is 0 Å². The largest absolute Gasteiger partial charge is 0.494 e. The average Bonchev–Trinajstić information content (AvgIpc) is 2.79. The summed E-state index contributed by atoms with van der Waals surface area (Å²) in [6.45, 7) is 2.61. The van der Waals surface area contributed by atoms with Crippen molar-refractivity contribution in [3.63, 3.8) is 0 Å². The van der Waals surface area contributed by atoms with Gasteiger partial charge in [-0.25, -0.2) is 5.43 Å². The van der Waals surface area contributed by atoms with E-state index in [0.29, 0.717) is 6.61 Å². The van der Waals surface area contributed by atoms with Crippen LogP contribution in [0.1, 0.15) is 24.3 Å². The Balaban J connectivity index is 2.25. The Bertz CT molecular complexity index is 496. The molecule has 18 heavy (non-hydrogen) atoms. The molecule has 3 N–H and O–H groups in total. The van der Waals surface area contributed by atoms with E-state index in [4.69, 9.17) is 15.0 Å². The van der Waals surface area contributed by atoms with Gasteiger partial charge in [0.15, 0.2) is 0 Å². The Labute approximate surface area is 114 Å². The molecule has 1 atom stereocenters. The lowest BCUT2D eigenvalue weighted by Crippen LogP contribution is -2.28. The number of hydrogen-bond acceptors (Lipinski definition) is 4. The van der Waals surface area contributed by atoms with Gasteiger partial charge in [-0.05, 0) is 46.6 Å². The van der Waals surface area contributed by atoms with Crippen LogP contribution >= 0.6 is 15.9 Å². The van der Waals surface area contributed by atoms with Crippen LogP contribution in [0.2, 0.25) is 0 Å². The zero-order chi connectivity index (χ0) is 13.0. The summed E-state index contributed by atoms with van der Waals surface area (Å²) in [5.41, 5.74) is 3.76. The molecule has 2 aromatic rings. The van der Waals surface area contributed by atoms with Crippen LogP contribution < -0.4 is 16.0 Å². The Morgan fingerprint density at radius 3 is 2.56 bits per heavy atom. The zero-order valence-corrected chi connectivity index (χ0v) is 11.6. The maximum absolute atomic E-state index is 5.60. The molecule has 0 fully saturated rings. The van der Waals surface area contributed by atoms with Crippen molar-refractivity contribution in [2.24, 2.45) is 5.84 Å². The molecular formula is C13H15BrN2O2. The number of nitrogens with one attached hydrogen (secondary N) is 1. The summed E-state index contributed by atoms with van der Waals surface area (Å²) in [6.07, 6.45) is 1.62. The van der Waals surface area contributed by atoms with Crippen molar-refractivity contribution in [2.75, 3.05) is 6.61 Å². The smallest absolute Gasteiger partial charge is 0.140 e. The number of benzene rings is 1. The molecule has 1 unspecified atom stereocenters. The number of hydrogen-bond donors (Lipinski definition) is 2. The van der Waals surface area contributed by atoms with Gasteiger partial charge >= 0.3 is 0 Å². The summed E-state index contributed by atoms with van der Waals surface area (Å²) in [6, 6.07) is 9.41. The standard InChI is InChI=1S/C13H15BrN2O2/c1-2-17-10-5-3-9(4-6-10)12(16-15)13-11(14)7-8-18-13/h3-8,12,16H,2,15H2,1H3. The molecule has 0 aliphatic rings. The van der Waals surface area contributed by atoms with Gasteiger partial charge in [-0.1, -0.05) is 12.1 Å². The minimum Gasteiger partial charge on any atom is -0.494 e. The summed E-state index contributed by atoms with van der Waals surface area (Å²) in [5, 5.41) is 0. The van der Waals surface area contributed by atoms with Gasteiger partial charge in [0.25, 0.3) is 0 Å². The minimum absolute atomic E-state index is 0.190. The van der Waals surface area contributed by atoms with E-state index in [1.54, 1.807) is 6.26 Å². The monoisotopic (exact) mass is 310 g/mol. The second-order valence-electron chi connectivity index (χ2n) is 3.73. The molecular weight excluding hydrogens is 296 g/mol. The Kier molecular flexibility index (Phi) is 4.41. The van der Waals surface area contributed by atoms with E-state index in [2.05, 4.69) is 21.4 Å². The Hall–Kier alpha value is -1.30. The van der Waals surface area contributed by atoms with Gasteiger partial charge in [-0.3, -0.25) is 5.84 Å². The molecule has 5 heteroatoms. The predicted octanol–water partition coefficient (Wildman–Crippen LogP) is 2.99. The van der Waals surface area contributed by atoms with Crippen LogP contribution in [0.4, 0.5) is 0 Å². The lowest BCUT2D eigenvalue weighted by Gasteiger charge is -2.15. The fourth-order valence-electron chi connectivity index (χ4n) is 1.76. The van der Waals surface area contributed by atoms with E-state index < -0.39 is 0 Å². The molecule has 1 aromatic heterocycles. The number of ether oxygens (including phenoxy) is 1. The summed E-state index contributed by atoms with van der Waals surface area (Å²) < 4.78 is 11.7. The molecule has 0 radical (unpaired) electrons. The average molecular weight is 311 g/mol. The van der Waals surface area contributed by atoms with Crippen molar-refractivity contribution in [3.8, 4) is 5.75 Å². The van der Waals surface area contributed by atoms with Crippen molar-refractivity contribution in [1.29, 1.82) is 0 Å². The molecule has 0 saturated heterocycles. The van der Waals surface area contributed by atoms with E-state index in [0.717, 1.165) is 21.5 Å². The van der Waals surface area contributed by atoms with Crippen molar-refractivity contribution in [3.05, 3.63) is 52.4 Å². The quantitative estimate of drug-likeness (QED) is 0.658. The first-order chi connectivity index (χ1) is 8.76. The highest BCUT2D eigenvalue weighted by atomic mass is 79.9. The maximum atomic E-state index is 5.60. The summed E-state index contributed by atoms with van der Waals surface area (Å²) in [4.78, 5) is 0. The molecule has 4 nitrogen and oxygen atoms in total. The third kappa shape index (κ3) is 2.75. The highest BCUT2D eigenvalue weighted by molar-refractivity contribution is 9.10.